The smallest absolute Gasteiger partial charge is 0.242 e. The Morgan fingerprint density at radius 3 is 2.32 bits per heavy atom. The number of nitrogens with two attached hydrogens (primary N) is 1. The molecule has 4 rings (SSSR count). The van der Waals surface area contributed by atoms with Crippen LogP contribution in [0, 0.1) is 0 Å². The molecule has 1 fully saturated rings. The minimum atomic E-state index is -0.711. The molecule has 2 aromatic carbocycles. The number of hydrogen-bond acceptors (Lipinski definition) is 3. The van der Waals surface area contributed by atoms with Gasteiger partial charge in [-0.2, -0.15) is 5.10 Å². The Kier molecular flexibility index (Phi) is 5.01. The molecule has 1 saturated carbocycles. The molecule has 5 heteroatoms. The van der Waals surface area contributed by atoms with Crippen LogP contribution in [0.5, 0.6) is 0 Å². The van der Waals surface area contributed by atoms with Gasteiger partial charge >= 0.3 is 0 Å². The van der Waals surface area contributed by atoms with Crippen LogP contribution in [-0.2, 0) is 11.3 Å². The molecule has 1 aliphatic carbocycles. The van der Waals surface area contributed by atoms with Gasteiger partial charge in [-0.05, 0) is 25.0 Å². The normalized spacial score (nSPS) is 15.5. The van der Waals surface area contributed by atoms with Crippen molar-refractivity contribution in [2.45, 2.75) is 37.8 Å². The molecule has 0 bridgehead atoms. The summed E-state index contributed by atoms with van der Waals surface area (Å²) in [6.07, 6.45) is 5.60. The van der Waals surface area contributed by atoms with Crippen molar-refractivity contribution in [3.05, 3.63) is 72.4 Å². The topological polar surface area (TPSA) is 64.2 Å². The van der Waals surface area contributed by atoms with Gasteiger partial charge in [0.05, 0.1) is 16.9 Å². The van der Waals surface area contributed by atoms with Crippen LogP contribution in [0.1, 0.15) is 31.2 Å². The van der Waals surface area contributed by atoms with Gasteiger partial charge in [0, 0.05) is 30.9 Å². The standard InChI is InChI=1S/C23H26N4O/c1-26(22(28)23(24)14-8-9-15-23)16-19-17-27(20-12-6-3-7-13-20)25-21(19)18-10-4-2-5-11-18/h2-7,10-13,17H,8-9,14-16,24H2,1H3. The predicted octanol–water partition coefficient (Wildman–Crippen LogP) is 3.77. The van der Waals surface area contributed by atoms with E-state index in [9.17, 15) is 4.79 Å². The maximum absolute atomic E-state index is 13.0. The minimum absolute atomic E-state index is 0.0245. The Bertz CT molecular complexity index is 943. The average molecular weight is 374 g/mol. The molecule has 1 amide bonds. The van der Waals surface area contributed by atoms with Crippen molar-refractivity contribution in [2.75, 3.05) is 7.05 Å². The van der Waals surface area contributed by atoms with E-state index in [0.717, 1.165) is 48.2 Å². The zero-order chi connectivity index (χ0) is 19.6. The monoisotopic (exact) mass is 374 g/mol. The number of rotatable bonds is 5. The van der Waals surface area contributed by atoms with E-state index in [4.69, 9.17) is 10.8 Å². The van der Waals surface area contributed by atoms with E-state index < -0.39 is 5.54 Å². The van der Waals surface area contributed by atoms with E-state index in [1.807, 2.05) is 78.6 Å². The second-order valence-corrected chi connectivity index (χ2v) is 7.67. The van der Waals surface area contributed by atoms with Crippen LogP contribution >= 0.6 is 0 Å². The van der Waals surface area contributed by atoms with Gasteiger partial charge in [0.25, 0.3) is 0 Å². The van der Waals surface area contributed by atoms with Gasteiger partial charge in [0.15, 0.2) is 0 Å². The van der Waals surface area contributed by atoms with Crippen LogP contribution < -0.4 is 5.73 Å². The lowest BCUT2D eigenvalue weighted by Crippen LogP contribution is -2.52. The molecule has 0 atom stereocenters. The fourth-order valence-corrected chi connectivity index (χ4v) is 4.00. The maximum Gasteiger partial charge on any atom is 0.242 e. The van der Waals surface area contributed by atoms with Crippen LogP contribution in [0.3, 0.4) is 0 Å². The molecule has 28 heavy (non-hydrogen) atoms. The molecule has 0 saturated heterocycles. The largest absolute Gasteiger partial charge is 0.340 e. The number of hydrogen-bond donors (Lipinski definition) is 1. The Labute approximate surface area is 165 Å². The summed E-state index contributed by atoms with van der Waals surface area (Å²) < 4.78 is 1.88. The van der Waals surface area contributed by atoms with Crippen molar-refractivity contribution in [3.63, 3.8) is 0 Å². The molecule has 0 radical (unpaired) electrons. The van der Waals surface area contributed by atoms with Crippen molar-refractivity contribution in [1.82, 2.24) is 14.7 Å². The first-order chi connectivity index (χ1) is 13.6. The Morgan fingerprint density at radius 2 is 1.68 bits per heavy atom. The highest BCUT2D eigenvalue weighted by Gasteiger charge is 2.39. The van der Waals surface area contributed by atoms with E-state index in [2.05, 4.69) is 0 Å². The summed E-state index contributed by atoms with van der Waals surface area (Å²) >= 11 is 0. The third kappa shape index (κ3) is 3.58. The zero-order valence-electron chi connectivity index (χ0n) is 16.2. The Hall–Kier alpha value is -2.92. The van der Waals surface area contributed by atoms with E-state index in [1.54, 1.807) is 4.90 Å². The van der Waals surface area contributed by atoms with Crippen molar-refractivity contribution < 1.29 is 4.79 Å². The first-order valence-electron chi connectivity index (χ1n) is 9.81. The fraction of sp³-hybridized carbons (Fsp3) is 0.304. The summed E-state index contributed by atoms with van der Waals surface area (Å²) in [7, 11) is 1.84. The fourth-order valence-electron chi connectivity index (χ4n) is 4.00. The van der Waals surface area contributed by atoms with E-state index in [1.165, 1.54) is 0 Å². The molecule has 2 N–H and O–H groups in total. The van der Waals surface area contributed by atoms with Gasteiger partial charge in [0.2, 0.25) is 5.91 Å². The van der Waals surface area contributed by atoms with Gasteiger partial charge in [0.1, 0.15) is 0 Å². The molecule has 3 aromatic rings. The number of nitrogens with zero attached hydrogens (tertiary/aromatic N) is 3. The first-order valence-corrected chi connectivity index (χ1v) is 9.81. The average Bonchev–Trinajstić information content (AvgIpc) is 3.36. The summed E-state index contributed by atoms with van der Waals surface area (Å²) in [5.74, 6) is 0.0245. The van der Waals surface area contributed by atoms with Gasteiger partial charge in [-0.25, -0.2) is 4.68 Å². The number of aromatic nitrogens is 2. The van der Waals surface area contributed by atoms with Gasteiger partial charge in [-0.3, -0.25) is 4.79 Å². The van der Waals surface area contributed by atoms with Crippen molar-refractivity contribution in [2.24, 2.45) is 5.73 Å². The quantitative estimate of drug-likeness (QED) is 0.739. The van der Waals surface area contributed by atoms with Gasteiger partial charge < -0.3 is 10.6 Å². The number of carbonyl (C=O) groups excluding carboxylic acids is 1. The summed E-state index contributed by atoms with van der Waals surface area (Å²) in [6.45, 7) is 0.481. The highest BCUT2D eigenvalue weighted by Crippen LogP contribution is 2.30. The van der Waals surface area contributed by atoms with Crippen molar-refractivity contribution in [1.29, 1.82) is 0 Å². The second kappa shape index (κ2) is 7.60. The Morgan fingerprint density at radius 1 is 1.07 bits per heavy atom. The summed E-state index contributed by atoms with van der Waals surface area (Å²) in [4.78, 5) is 14.7. The lowest BCUT2D eigenvalue weighted by atomic mass is 9.97. The summed E-state index contributed by atoms with van der Waals surface area (Å²) in [6, 6.07) is 20.1. The molecular weight excluding hydrogens is 348 g/mol. The highest BCUT2D eigenvalue weighted by atomic mass is 16.2. The number of para-hydroxylation sites is 1. The van der Waals surface area contributed by atoms with E-state index in [0.29, 0.717) is 6.54 Å². The van der Waals surface area contributed by atoms with Gasteiger partial charge in [-0.1, -0.05) is 61.4 Å². The lowest BCUT2D eigenvalue weighted by molar-refractivity contribution is -0.136. The second-order valence-electron chi connectivity index (χ2n) is 7.67. The van der Waals surface area contributed by atoms with Crippen LogP contribution in [0.25, 0.3) is 16.9 Å². The Balaban J connectivity index is 1.67. The highest BCUT2D eigenvalue weighted by molar-refractivity contribution is 5.86. The minimum Gasteiger partial charge on any atom is -0.340 e. The molecular formula is C23H26N4O. The summed E-state index contributed by atoms with van der Waals surface area (Å²) in [5, 5.41) is 4.83. The molecule has 0 aliphatic heterocycles. The molecule has 144 valence electrons. The molecule has 1 heterocycles. The van der Waals surface area contributed by atoms with Crippen molar-refractivity contribution >= 4 is 5.91 Å². The third-order valence-corrected chi connectivity index (χ3v) is 5.53. The first kappa shape index (κ1) is 18.4. The molecule has 1 aliphatic rings. The van der Waals surface area contributed by atoms with Crippen LogP contribution in [0.2, 0.25) is 0 Å². The van der Waals surface area contributed by atoms with Gasteiger partial charge in [-0.15, -0.1) is 0 Å². The predicted molar refractivity (Wildman–Crippen MR) is 111 cm³/mol. The maximum atomic E-state index is 13.0. The van der Waals surface area contributed by atoms with E-state index >= 15 is 0 Å². The van der Waals surface area contributed by atoms with E-state index in [-0.39, 0.29) is 5.91 Å². The number of likely N-dealkylation sites (N-methyl/N-ethyl adjacent to an activating group) is 1. The number of carbonyl (C=O) groups is 1. The molecule has 0 spiro atoms. The molecule has 1 aromatic heterocycles. The third-order valence-electron chi connectivity index (χ3n) is 5.53. The van der Waals surface area contributed by atoms with Crippen LogP contribution in [0.15, 0.2) is 66.9 Å². The molecule has 0 unspecified atom stereocenters. The van der Waals surface area contributed by atoms with Crippen LogP contribution in [-0.4, -0.2) is 33.2 Å². The number of benzene rings is 2. The lowest BCUT2D eigenvalue weighted by Gasteiger charge is -2.28. The molecule has 5 nitrogen and oxygen atoms in total. The number of amides is 1. The van der Waals surface area contributed by atoms with Crippen molar-refractivity contribution in [3.8, 4) is 16.9 Å². The summed E-state index contributed by atoms with van der Waals surface area (Å²) in [5.41, 5.74) is 9.61. The SMILES string of the molecule is CN(Cc1cn(-c2ccccc2)nc1-c1ccccc1)C(=O)C1(N)CCCC1. The zero-order valence-corrected chi connectivity index (χ0v) is 16.2. The van der Waals surface area contributed by atoms with Crippen LogP contribution in [0.4, 0.5) is 0 Å².